The maximum Gasteiger partial charge on any atom is 0.356 e. The Balaban J connectivity index is 1.89. The molecule has 1 aliphatic heterocycles. The van der Waals surface area contributed by atoms with E-state index in [4.69, 9.17) is 23.4 Å². The molecule has 3 rings (SSSR count). The van der Waals surface area contributed by atoms with Gasteiger partial charge in [0.2, 0.25) is 0 Å². The fourth-order valence-corrected chi connectivity index (χ4v) is 3.07. The van der Waals surface area contributed by atoms with Gasteiger partial charge in [-0.15, -0.1) is 0 Å². The molecule has 0 radical (unpaired) electrons. The number of ether oxygens (including phenoxy) is 4. The molecule has 1 atom stereocenters. The third-order valence-electron chi connectivity index (χ3n) is 4.53. The third-order valence-corrected chi connectivity index (χ3v) is 4.53. The highest BCUT2D eigenvalue weighted by Gasteiger charge is 2.20. The molecule has 0 spiro atoms. The van der Waals surface area contributed by atoms with Crippen molar-refractivity contribution in [1.82, 2.24) is 4.98 Å². The zero-order valence-electron chi connectivity index (χ0n) is 16.9. The molecule has 29 heavy (non-hydrogen) atoms. The molecule has 0 amide bonds. The number of aromatic nitrogens is 1. The smallest absolute Gasteiger partial charge is 0.356 e. The molecular formula is C21H25NO7. The summed E-state index contributed by atoms with van der Waals surface area (Å²) in [6.45, 7) is 4.49. The summed E-state index contributed by atoms with van der Waals surface area (Å²) in [5, 5.41) is 0. The Bertz CT molecular complexity index is 868. The number of carbonyl (C=O) groups is 2. The van der Waals surface area contributed by atoms with E-state index in [1.165, 1.54) is 7.11 Å². The second kappa shape index (κ2) is 9.67. The largest absolute Gasteiger partial charge is 0.465 e. The van der Waals surface area contributed by atoms with E-state index in [-0.39, 0.29) is 25.2 Å². The monoisotopic (exact) mass is 403 g/mol. The average molecular weight is 403 g/mol. The van der Waals surface area contributed by atoms with Crippen LogP contribution in [0.2, 0.25) is 0 Å². The van der Waals surface area contributed by atoms with Crippen molar-refractivity contribution in [2.75, 3.05) is 20.3 Å². The summed E-state index contributed by atoms with van der Waals surface area (Å²) in [5.41, 5.74) is 1.59. The van der Waals surface area contributed by atoms with Crippen molar-refractivity contribution in [1.29, 1.82) is 0 Å². The molecule has 8 heteroatoms. The quantitative estimate of drug-likeness (QED) is 0.646. The molecule has 0 bridgehead atoms. The molecule has 1 saturated heterocycles. The van der Waals surface area contributed by atoms with Crippen LogP contribution in [0.15, 0.2) is 22.6 Å². The first-order chi connectivity index (χ1) is 14.0. The summed E-state index contributed by atoms with van der Waals surface area (Å²) < 4.78 is 26.9. The Morgan fingerprint density at radius 2 is 2.03 bits per heavy atom. The van der Waals surface area contributed by atoms with Crippen LogP contribution in [0.5, 0.6) is 0 Å². The average Bonchev–Trinajstić information content (AvgIpc) is 3.14. The highest BCUT2D eigenvalue weighted by molar-refractivity contribution is 5.92. The van der Waals surface area contributed by atoms with Gasteiger partial charge in [0.25, 0.3) is 0 Å². The summed E-state index contributed by atoms with van der Waals surface area (Å²) in [6.07, 6.45) is 2.62. The van der Waals surface area contributed by atoms with Gasteiger partial charge in [-0.2, -0.15) is 0 Å². The van der Waals surface area contributed by atoms with E-state index in [1.807, 2.05) is 0 Å². The van der Waals surface area contributed by atoms with Crippen LogP contribution in [0.1, 0.15) is 58.5 Å². The lowest BCUT2D eigenvalue weighted by Gasteiger charge is -2.22. The van der Waals surface area contributed by atoms with E-state index < -0.39 is 11.9 Å². The van der Waals surface area contributed by atoms with Crippen LogP contribution < -0.4 is 0 Å². The number of pyridine rings is 1. The van der Waals surface area contributed by atoms with Gasteiger partial charge in [0.1, 0.15) is 22.8 Å². The number of methoxy groups -OCH3 is 1. The van der Waals surface area contributed by atoms with Gasteiger partial charge in [-0.1, -0.05) is 0 Å². The van der Waals surface area contributed by atoms with Crippen molar-refractivity contribution in [2.24, 2.45) is 0 Å². The van der Waals surface area contributed by atoms with Crippen LogP contribution in [0.4, 0.5) is 0 Å². The molecule has 8 nitrogen and oxygen atoms in total. The Hall–Kier alpha value is -2.71. The third kappa shape index (κ3) is 5.21. The summed E-state index contributed by atoms with van der Waals surface area (Å²) in [5.74, 6) is -0.183. The summed E-state index contributed by atoms with van der Waals surface area (Å²) in [6, 6.07) is 4.91. The van der Waals surface area contributed by atoms with E-state index in [9.17, 15) is 9.59 Å². The van der Waals surface area contributed by atoms with Gasteiger partial charge >= 0.3 is 11.9 Å². The van der Waals surface area contributed by atoms with E-state index in [1.54, 1.807) is 32.0 Å². The minimum Gasteiger partial charge on any atom is -0.465 e. The SMILES string of the molecule is CCOC(=O)c1cc(-c2cc(C(=O)OC)c(C)o2)cc(COC2CCCCO2)n1. The summed E-state index contributed by atoms with van der Waals surface area (Å²) >= 11 is 0. The molecule has 0 aromatic carbocycles. The lowest BCUT2D eigenvalue weighted by Crippen LogP contribution is -2.22. The normalized spacial score (nSPS) is 16.4. The number of hydrogen-bond donors (Lipinski definition) is 0. The second-order valence-electron chi connectivity index (χ2n) is 6.63. The highest BCUT2D eigenvalue weighted by atomic mass is 16.7. The van der Waals surface area contributed by atoms with E-state index in [0.29, 0.717) is 34.9 Å². The zero-order chi connectivity index (χ0) is 20.8. The number of esters is 2. The van der Waals surface area contributed by atoms with Crippen LogP contribution in [0, 0.1) is 6.92 Å². The van der Waals surface area contributed by atoms with Crippen molar-refractivity contribution in [3.63, 3.8) is 0 Å². The lowest BCUT2D eigenvalue weighted by atomic mass is 10.1. The van der Waals surface area contributed by atoms with Gasteiger partial charge < -0.3 is 23.4 Å². The Morgan fingerprint density at radius 3 is 2.72 bits per heavy atom. The van der Waals surface area contributed by atoms with Crippen LogP contribution >= 0.6 is 0 Å². The number of aryl methyl sites for hydroxylation is 1. The maximum atomic E-state index is 12.3. The topological polar surface area (TPSA) is 97.1 Å². The molecule has 0 aliphatic carbocycles. The first-order valence-corrected chi connectivity index (χ1v) is 9.62. The van der Waals surface area contributed by atoms with E-state index >= 15 is 0 Å². The zero-order valence-corrected chi connectivity index (χ0v) is 16.9. The van der Waals surface area contributed by atoms with Crippen LogP contribution in [0.25, 0.3) is 11.3 Å². The molecule has 1 unspecified atom stereocenters. The molecule has 0 N–H and O–H groups in total. The molecule has 0 saturated carbocycles. The number of hydrogen-bond acceptors (Lipinski definition) is 8. The Morgan fingerprint density at radius 1 is 1.21 bits per heavy atom. The predicted molar refractivity (Wildman–Crippen MR) is 102 cm³/mol. The molecule has 2 aromatic heterocycles. The minimum absolute atomic E-state index is 0.140. The standard InChI is InChI=1S/C21H25NO7/c1-4-26-21(24)17-10-14(18-11-16(13(2)29-18)20(23)25-3)9-15(22-17)12-28-19-7-5-6-8-27-19/h9-11,19H,4-8,12H2,1-3H3. The second-order valence-corrected chi connectivity index (χ2v) is 6.63. The molecule has 1 fully saturated rings. The lowest BCUT2D eigenvalue weighted by molar-refractivity contribution is -0.169. The summed E-state index contributed by atoms with van der Waals surface area (Å²) in [7, 11) is 1.31. The number of nitrogens with zero attached hydrogens (tertiary/aromatic N) is 1. The van der Waals surface area contributed by atoms with Gasteiger partial charge in [-0.3, -0.25) is 0 Å². The van der Waals surface area contributed by atoms with Gasteiger partial charge in [0, 0.05) is 12.2 Å². The van der Waals surface area contributed by atoms with E-state index in [2.05, 4.69) is 4.98 Å². The molecular weight excluding hydrogens is 378 g/mol. The maximum absolute atomic E-state index is 12.3. The molecule has 156 valence electrons. The van der Waals surface area contributed by atoms with Gasteiger partial charge in [0.15, 0.2) is 6.29 Å². The number of rotatable bonds is 7. The van der Waals surface area contributed by atoms with Gasteiger partial charge in [0.05, 0.1) is 26.0 Å². The number of carbonyl (C=O) groups excluding carboxylic acids is 2. The Kier molecular flexibility index (Phi) is 7.00. The molecule has 1 aliphatic rings. The van der Waals surface area contributed by atoms with Crippen molar-refractivity contribution < 1.29 is 33.0 Å². The van der Waals surface area contributed by atoms with Crippen LogP contribution in [-0.2, 0) is 25.6 Å². The highest BCUT2D eigenvalue weighted by Crippen LogP contribution is 2.28. The fourth-order valence-electron chi connectivity index (χ4n) is 3.07. The molecule has 3 heterocycles. The van der Waals surface area contributed by atoms with Crippen molar-refractivity contribution in [3.05, 3.63) is 40.9 Å². The molecule has 2 aromatic rings. The predicted octanol–water partition coefficient (Wildman–Crippen LogP) is 3.66. The Labute approximate surface area is 169 Å². The first kappa shape index (κ1) is 21.0. The van der Waals surface area contributed by atoms with Crippen molar-refractivity contribution >= 4 is 11.9 Å². The van der Waals surface area contributed by atoms with E-state index in [0.717, 1.165) is 19.3 Å². The van der Waals surface area contributed by atoms with Crippen LogP contribution in [0.3, 0.4) is 0 Å². The number of furan rings is 1. The van der Waals surface area contributed by atoms with Crippen LogP contribution in [-0.4, -0.2) is 43.5 Å². The summed E-state index contributed by atoms with van der Waals surface area (Å²) in [4.78, 5) is 28.5. The fraction of sp³-hybridized carbons (Fsp3) is 0.476. The first-order valence-electron chi connectivity index (χ1n) is 9.62. The van der Waals surface area contributed by atoms with Crippen molar-refractivity contribution in [2.45, 2.75) is 46.0 Å². The van der Waals surface area contributed by atoms with Gasteiger partial charge in [-0.25, -0.2) is 14.6 Å². The van der Waals surface area contributed by atoms with Gasteiger partial charge in [-0.05, 0) is 51.3 Å². The van der Waals surface area contributed by atoms with Crippen molar-refractivity contribution in [3.8, 4) is 11.3 Å². The minimum atomic E-state index is -0.541.